The first-order valence-corrected chi connectivity index (χ1v) is 13.4. The first-order valence-electron chi connectivity index (χ1n) is 13.4. The van der Waals surface area contributed by atoms with E-state index in [9.17, 15) is 9.90 Å². The molecule has 0 aromatic heterocycles. The number of likely N-dealkylation sites (N-methyl/N-ethyl adjacent to an activating group) is 2. The fourth-order valence-electron chi connectivity index (χ4n) is 5.23. The van der Waals surface area contributed by atoms with Crippen molar-refractivity contribution in [2.45, 2.75) is 91.7 Å². The lowest BCUT2D eigenvalue weighted by molar-refractivity contribution is -0.125. The van der Waals surface area contributed by atoms with Crippen LogP contribution in [0, 0.1) is 18.8 Å². The van der Waals surface area contributed by atoms with Crippen LogP contribution >= 0.6 is 0 Å². The number of amides is 1. The summed E-state index contributed by atoms with van der Waals surface area (Å²) >= 11 is 0. The molecule has 0 saturated carbocycles. The van der Waals surface area contributed by atoms with Crippen LogP contribution < -0.4 is 5.32 Å². The number of nitrogens with one attached hydrogen (secondary N) is 1. The van der Waals surface area contributed by atoms with E-state index < -0.39 is 5.60 Å². The molecule has 1 amide bonds. The normalized spacial score (nSPS) is 16.2. The van der Waals surface area contributed by atoms with E-state index >= 15 is 0 Å². The van der Waals surface area contributed by atoms with Crippen molar-refractivity contribution in [3.63, 3.8) is 0 Å². The van der Waals surface area contributed by atoms with Gasteiger partial charge in [-0.15, -0.1) is 0 Å². The largest absolute Gasteiger partial charge is 0.378 e. The van der Waals surface area contributed by atoms with Crippen molar-refractivity contribution >= 4 is 5.91 Å². The minimum Gasteiger partial charge on any atom is -0.378 e. The van der Waals surface area contributed by atoms with E-state index in [0.29, 0.717) is 6.54 Å². The van der Waals surface area contributed by atoms with Crippen LogP contribution in [0.15, 0.2) is 30.0 Å². The number of carbonyl (C=O) groups excluding carboxylic acids is 1. The van der Waals surface area contributed by atoms with Crippen LogP contribution in [0.25, 0.3) is 0 Å². The zero-order valence-electron chi connectivity index (χ0n) is 23.3. The number of hydrogen-bond acceptors (Lipinski definition) is 4. The highest BCUT2D eigenvalue weighted by atomic mass is 16.3. The van der Waals surface area contributed by atoms with Gasteiger partial charge in [-0.1, -0.05) is 57.7 Å². The van der Waals surface area contributed by atoms with E-state index in [2.05, 4.69) is 92.8 Å². The Morgan fingerprint density at radius 1 is 1.17 bits per heavy atom. The monoisotopic (exact) mass is 481 g/mol. The molecule has 1 atom stereocenters. The van der Waals surface area contributed by atoms with Crippen molar-refractivity contribution in [1.82, 2.24) is 15.1 Å². The average Bonchev–Trinajstić information content (AvgIpc) is 3.26. The van der Waals surface area contributed by atoms with Crippen LogP contribution in [0.2, 0.25) is 0 Å². The molecule has 1 aliphatic rings. The fraction of sp³-hybridized carbons (Fsp3) is 0.633. The number of carbonyl (C=O) groups is 1. The summed E-state index contributed by atoms with van der Waals surface area (Å²) < 4.78 is 0. The van der Waals surface area contributed by atoms with Crippen molar-refractivity contribution in [2.24, 2.45) is 0 Å². The van der Waals surface area contributed by atoms with Crippen LogP contribution in [0.1, 0.15) is 84.4 Å². The fourth-order valence-corrected chi connectivity index (χ4v) is 5.23. The molecule has 1 heterocycles. The van der Waals surface area contributed by atoms with Crippen LogP contribution in [0.4, 0.5) is 0 Å². The molecule has 194 valence electrons. The van der Waals surface area contributed by atoms with Crippen LogP contribution in [-0.2, 0) is 10.2 Å². The van der Waals surface area contributed by atoms with Gasteiger partial charge in [0.25, 0.3) is 0 Å². The zero-order valence-corrected chi connectivity index (χ0v) is 23.3. The van der Waals surface area contributed by atoms with Crippen molar-refractivity contribution in [1.29, 1.82) is 0 Å². The summed E-state index contributed by atoms with van der Waals surface area (Å²) in [5.74, 6) is 6.18. The lowest BCUT2D eigenvalue weighted by Crippen LogP contribution is -2.48. The molecule has 1 aromatic rings. The summed E-state index contributed by atoms with van der Waals surface area (Å²) in [5.41, 5.74) is 3.41. The molecule has 2 rings (SSSR count). The van der Waals surface area contributed by atoms with Gasteiger partial charge in [0.1, 0.15) is 11.6 Å². The second kappa shape index (κ2) is 12.6. The number of rotatable bonds is 11. The molecule has 1 aromatic carbocycles. The molecule has 0 spiro atoms. The highest BCUT2D eigenvalue weighted by Crippen LogP contribution is 2.44. The Morgan fingerprint density at radius 3 is 2.34 bits per heavy atom. The standard InChI is InChI=1S/C30H47N3O2/c1-9-30(10-2,25-15-14-24(23(6)22-25)18-19-29(7,8)35)27-17-16-26(33(27)13-5)28(34)31-20-21-32(11-3)12-4/h14-15,17,22,26,35H,9-13,16,20-21H2,1-8H3,(H,31,34). The van der Waals surface area contributed by atoms with Gasteiger partial charge in [0, 0.05) is 36.3 Å². The van der Waals surface area contributed by atoms with Gasteiger partial charge in [-0.25, -0.2) is 0 Å². The Bertz CT molecular complexity index is 941. The molecule has 0 fully saturated rings. The lowest BCUT2D eigenvalue weighted by atomic mass is 9.72. The van der Waals surface area contributed by atoms with Gasteiger partial charge in [-0.05, 0) is 77.2 Å². The minimum absolute atomic E-state index is 0.125. The summed E-state index contributed by atoms with van der Waals surface area (Å²) in [4.78, 5) is 17.8. The number of allylic oxidation sites excluding steroid dienone is 1. The van der Waals surface area contributed by atoms with E-state index in [0.717, 1.165) is 56.6 Å². The van der Waals surface area contributed by atoms with Crippen molar-refractivity contribution in [3.05, 3.63) is 46.7 Å². The van der Waals surface area contributed by atoms with E-state index in [4.69, 9.17) is 0 Å². The first-order chi connectivity index (χ1) is 16.6. The molecule has 5 heteroatoms. The predicted molar refractivity (Wildman–Crippen MR) is 146 cm³/mol. The summed E-state index contributed by atoms with van der Waals surface area (Å²) in [5, 5.41) is 13.2. The van der Waals surface area contributed by atoms with Crippen LogP contribution in [0.5, 0.6) is 0 Å². The van der Waals surface area contributed by atoms with Gasteiger partial charge >= 0.3 is 0 Å². The average molecular weight is 482 g/mol. The highest BCUT2D eigenvalue weighted by Gasteiger charge is 2.42. The van der Waals surface area contributed by atoms with Gasteiger partial charge in [-0.2, -0.15) is 0 Å². The second-order valence-corrected chi connectivity index (χ2v) is 10.1. The van der Waals surface area contributed by atoms with E-state index in [1.54, 1.807) is 13.8 Å². The summed E-state index contributed by atoms with van der Waals surface area (Å²) in [6.07, 6.45) is 4.95. The number of aliphatic hydroxyl groups is 1. The molecule has 35 heavy (non-hydrogen) atoms. The molecule has 5 nitrogen and oxygen atoms in total. The third-order valence-electron chi connectivity index (χ3n) is 7.46. The van der Waals surface area contributed by atoms with Gasteiger partial charge in [-0.3, -0.25) is 4.79 Å². The maximum atomic E-state index is 13.2. The van der Waals surface area contributed by atoms with Crippen molar-refractivity contribution < 1.29 is 9.90 Å². The lowest BCUT2D eigenvalue weighted by Gasteiger charge is -2.41. The number of benzene rings is 1. The molecule has 0 saturated heterocycles. The predicted octanol–water partition coefficient (Wildman–Crippen LogP) is 4.61. The van der Waals surface area contributed by atoms with E-state index in [-0.39, 0.29) is 17.4 Å². The Kier molecular flexibility index (Phi) is 10.4. The van der Waals surface area contributed by atoms with E-state index in [1.165, 1.54) is 11.3 Å². The zero-order chi connectivity index (χ0) is 26.2. The maximum Gasteiger partial charge on any atom is 0.243 e. The molecule has 0 bridgehead atoms. The van der Waals surface area contributed by atoms with Crippen molar-refractivity contribution in [2.75, 3.05) is 32.7 Å². The third-order valence-corrected chi connectivity index (χ3v) is 7.46. The molecule has 0 aliphatic carbocycles. The minimum atomic E-state index is -1.01. The molecular weight excluding hydrogens is 434 g/mol. The highest BCUT2D eigenvalue weighted by molar-refractivity contribution is 5.83. The van der Waals surface area contributed by atoms with E-state index in [1.807, 2.05) is 0 Å². The summed E-state index contributed by atoms with van der Waals surface area (Å²) in [7, 11) is 0. The molecule has 1 aliphatic heterocycles. The topological polar surface area (TPSA) is 55.8 Å². The molecule has 1 unspecified atom stereocenters. The number of nitrogens with zero attached hydrogens (tertiary/aromatic N) is 2. The Balaban J connectivity index is 2.29. The van der Waals surface area contributed by atoms with Gasteiger partial charge in [0.15, 0.2) is 0 Å². The third kappa shape index (κ3) is 6.90. The SMILES string of the molecule is CCN(CC)CCNC(=O)C1CC=C(C(CC)(CC)c2ccc(C#CC(C)(C)O)c(C)c2)N1CC. The second-order valence-electron chi connectivity index (χ2n) is 10.1. The summed E-state index contributed by atoms with van der Waals surface area (Å²) in [6, 6.07) is 6.35. The Morgan fingerprint density at radius 2 is 1.83 bits per heavy atom. The van der Waals surface area contributed by atoms with Crippen molar-refractivity contribution in [3.8, 4) is 11.8 Å². The summed E-state index contributed by atoms with van der Waals surface area (Å²) in [6.45, 7) is 20.8. The van der Waals surface area contributed by atoms with Gasteiger partial charge < -0.3 is 20.2 Å². The molecular formula is C30H47N3O2. The Hall–Kier alpha value is -2.29. The Labute approximate surface area is 214 Å². The first kappa shape index (κ1) is 28.9. The number of hydrogen-bond donors (Lipinski definition) is 2. The van der Waals surface area contributed by atoms with Gasteiger partial charge in [0.2, 0.25) is 5.91 Å². The molecule has 0 radical (unpaired) electrons. The smallest absolute Gasteiger partial charge is 0.243 e. The quantitative estimate of drug-likeness (QED) is 0.453. The van der Waals surface area contributed by atoms with Gasteiger partial charge in [0.05, 0.1) is 0 Å². The number of aryl methyl sites for hydroxylation is 1. The van der Waals surface area contributed by atoms with Crippen LogP contribution in [-0.4, -0.2) is 65.2 Å². The van der Waals surface area contributed by atoms with Crippen LogP contribution in [0.3, 0.4) is 0 Å². The molecule has 2 N–H and O–H groups in total. The maximum absolute atomic E-state index is 13.2.